The van der Waals surface area contributed by atoms with Crippen molar-refractivity contribution in [1.29, 1.82) is 0 Å². The molecule has 0 amide bonds. The maximum Gasteiger partial charge on any atom is 0.258 e. The first-order chi connectivity index (χ1) is 7.61. The van der Waals surface area contributed by atoms with Crippen molar-refractivity contribution in [3.05, 3.63) is 34.4 Å². The number of rotatable bonds is 2. The number of benzene rings is 1. The van der Waals surface area contributed by atoms with Crippen LogP contribution in [0.2, 0.25) is 0 Å². The lowest BCUT2D eigenvalue weighted by Gasteiger charge is -2.06. The van der Waals surface area contributed by atoms with E-state index in [0.29, 0.717) is 22.5 Å². The molecule has 0 aliphatic heterocycles. The van der Waals surface area contributed by atoms with Crippen molar-refractivity contribution in [1.82, 2.24) is 9.97 Å². The number of ether oxygens (including phenoxy) is 1. The van der Waals surface area contributed by atoms with E-state index in [1.54, 1.807) is 25.3 Å². The quantitative estimate of drug-likeness (QED) is 0.839. The molecule has 0 aliphatic rings. The zero-order chi connectivity index (χ0) is 11.7. The molecular formula is C12H14N2O2. The third-order valence-electron chi connectivity index (χ3n) is 2.48. The third kappa shape index (κ3) is 1.78. The highest BCUT2D eigenvalue weighted by atomic mass is 16.5. The second-order valence-corrected chi connectivity index (χ2v) is 3.99. The predicted octanol–water partition coefficient (Wildman–Crippen LogP) is 2.06. The van der Waals surface area contributed by atoms with Gasteiger partial charge in [-0.3, -0.25) is 4.79 Å². The van der Waals surface area contributed by atoms with Gasteiger partial charge in [0.05, 0.1) is 18.0 Å². The van der Waals surface area contributed by atoms with Crippen LogP contribution < -0.4 is 10.3 Å². The molecule has 4 heteroatoms. The number of methoxy groups -OCH3 is 1. The molecule has 1 N–H and O–H groups in total. The summed E-state index contributed by atoms with van der Waals surface area (Å²) in [7, 11) is 1.59. The fraction of sp³-hybridized carbons (Fsp3) is 0.333. The monoisotopic (exact) mass is 218 g/mol. The summed E-state index contributed by atoms with van der Waals surface area (Å²) in [6, 6.07) is 5.26. The van der Waals surface area contributed by atoms with Crippen LogP contribution in [-0.4, -0.2) is 17.1 Å². The summed E-state index contributed by atoms with van der Waals surface area (Å²) in [4.78, 5) is 19.0. The van der Waals surface area contributed by atoms with Gasteiger partial charge in [-0.2, -0.15) is 0 Å². The lowest BCUT2D eigenvalue weighted by Crippen LogP contribution is -2.12. The Morgan fingerprint density at radius 1 is 1.38 bits per heavy atom. The minimum atomic E-state index is -0.101. The highest BCUT2D eigenvalue weighted by Gasteiger charge is 2.07. The van der Waals surface area contributed by atoms with E-state index >= 15 is 0 Å². The van der Waals surface area contributed by atoms with Gasteiger partial charge in [-0.05, 0) is 12.1 Å². The maximum absolute atomic E-state index is 11.8. The number of nitrogens with one attached hydrogen (secondary N) is 1. The van der Waals surface area contributed by atoms with Crippen LogP contribution in [0.1, 0.15) is 25.6 Å². The summed E-state index contributed by atoms with van der Waals surface area (Å²) in [5.41, 5.74) is 0.572. The molecule has 1 heterocycles. The minimum absolute atomic E-state index is 0.101. The highest BCUT2D eigenvalue weighted by Crippen LogP contribution is 2.17. The summed E-state index contributed by atoms with van der Waals surface area (Å²) < 4.78 is 5.11. The van der Waals surface area contributed by atoms with E-state index < -0.39 is 0 Å². The molecule has 0 unspecified atom stereocenters. The van der Waals surface area contributed by atoms with Crippen molar-refractivity contribution in [2.75, 3.05) is 7.11 Å². The average molecular weight is 218 g/mol. The van der Waals surface area contributed by atoms with Gasteiger partial charge in [0.1, 0.15) is 11.6 Å². The van der Waals surface area contributed by atoms with Crippen LogP contribution in [0.25, 0.3) is 10.9 Å². The Hall–Kier alpha value is -1.84. The topological polar surface area (TPSA) is 55.0 Å². The second-order valence-electron chi connectivity index (χ2n) is 3.99. The van der Waals surface area contributed by atoms with Crippen molar-refractivity contribution in [3.8, 4) is 5.75 Å². The van der Waals surface area contributed by atoms with Gasteiger partial charge < -0.3 is 9.72 Å². The van der Waals surface area contributed by atoms with Crippen molar-refractivity contribution < 1.29 is 4.74 Å². The van der Waals surface area contributed by atoms with Gasteiger partial charge in [-0.1, -0.05) is 13.8 Å². The van der Waals surface area contributed by atoms with Crippen molar-refractivity contribution in [2.45, 2.75) is 19.8 Å². The molecule has 0 spiro atoms. The minimum Gasteiger partial charge on any atom is -0.497 e. The summed E-state index contributed by atoms with van der Waals surface area (Å²) in [6.45, 7) is 3.98. The number of aromatic nitrogens is 2. The fourth-order valence-corrected chi connectivity index (χ4v) is 1.54. The van der Waals surface area contributed by atoms with Gasteiger partial charge in [-0.15, -0.1) is 0 Å². The summed E-state index contributed by atoms with van der Waals surface area (Å²) >= 11 is 0. The Labute approximate surface area is 93.3 Å². The molecule has 0 aliphatic carbocycles. The average Bonchev–Trinajstić information content (AvgIpc) is 2.28. The van der Waals surface area contributed by atoms with Crippen LogP contribution in [0.4, 0.5) is 0 Å². The molecule has 1 aromatic carbocycles. The number of nitrogens with zero attached hydrogens (tertiary/aromatic N) is 1. The van der Waals surface area contributed by atoms with E-state index in [1.807, 2.05) is 13.8 Å². The zero-order valence-corrected chi connectivity index (χ0v) is 9.57. The predicted molar refractivity (Wildman–Crippen MR) is 63.0 cm³/mol. The third-order valence-corrected chi connectivity index (χ3v) is 2.48. The smallest absolute Gasteiger partial charge is 0.258 e. The van der Waals surface area contributed by atoms with Crippen LogP contribution in [0, 0.1) is 0 Å². The lowest BCUT2D eigenvalue weighted by molar-refractivity contribution is 0.415. The van der Waals surface area contributed by atoms with Crippen molar-refractivity contribution in [2.24, 2.45) is 0 Å². The van der Waals surface area contributed by atoms with E-state index in [2.05, 4.69) is 9.97 Å². The van der Waals surface area contributed by atoms with Crippen molar-refractivity contribution >= 4 is 10.9 Å². The molecule has 84 valence electrons. The molecule has 16 heavy (non-hydrogen) atoms. The van der Waals surface area contributed by atoms with Gasteiger partial charge >= 0.3 is 0 Å². The molecule has 2 aromatic rings. The lowest BCUT2D eigenvalue weighted by atomic mass is 10.2. The summed E-state index contributed by atoms with van der Waals surface area (Å²) in [6.07, 6.45) is 0. The van der Waals surface area contributed by atoms with Gasteiger partial charge in [0, 0.05) is 12.0 Å². The molecule has 1 aromatic heterocycles. The molecule has 0 atom stereocenters. The molecular weight excluding hydrogens is 204 g/mol. The fourth-order valence-electron chi connectivity index (χ4n) is 1.54. The van der Waals surface area contributed by atoms with E-state index in [4.69, 9.17) is 4.74 Å². The Morgan fingerprint density at radius 2 is 2.12 bits per heavy atom. The van der Waals surface area contributed by atoms with Crippen LogP contribution >= 0.6 is 0 Å². The second kappa shape index (κ2) is 3.96. The number of hydrogen-bond donors (Lipinski definition) is 1. The Kier molecular flexibility index (Phi) is 2.64. The van der Waals surface area contributed by atoms with E-state index in [-0.39, 0.29) is 11.5 Å². The summed E-state index contributed by atoms with van der Waals surface area (Å²) in [5, 5.41) is 0.588. The van der Waals surface area contributed by atoms with Crippen LogP contribution in [0.3, 0.4) is 0 Å². The van der Waals surface area contributed by atoms with Crippen LogP contribution in [0.5, 0.6) is 5.75 Å². The van der Waals surface area contributed by atoms with Gasteiger partial charge in [-0.25, -0.2) is 4.98 Å². The Balaban J connectivity index is 2.73. The Bertz CT molecular complexity index is 573. The SMILES string of the molecule is COc1ccc2c(=O)[nH]c(C(C)C)nc2c1. The molecule has 0 radical (unpaired) electrons. The van der Waals surface area contributed by atoms with Crippen LogP contribution in [-0.2, 0) is 0 Å². The molecule has 0 saturated heterocycles. The van der Waals surface area contributed by atoms with Gasteiger partial charge in [0.2, 0.25) is 0 Å². The van der Waals surface area contributed by atoms with E-state index in [9.17, 15) is 4.79 Å². The molecule has 2 rings (SSSR count). The number of fused-ring (bicyclic) bond motifs is 1. The Morgan fingerprint density at radius 3 is 2.75 bits per heavy atom. The maximum atomic E-state index is 11.8. The van der Waals surface area contributed by atoms with Crippen LogP contribution in [0.15, 0.2) is 23.0 Å². The highest BCUT2D eigenvalue weighted by molar-refractivity contribution is 5.79. The summed E-state index contributed by atoms with van der Waals surface area (Å²) in [5.74, 6) is 1.61. The first-order valence-electron chi connectivity index (χ1n) is 5.20. The van der Waals surface area contributed by atoms with E-state index in [1.165, 1.54) is 0 Å². The molecule has 0 saturated carbocycles. The van der Waals surface area contributed by atoms with E-state index in [0.717, 1.165) is 0 Å². The zero-order valence-electron chi connectivity index (χ0n) is 9.57. The standard InChI is InChI=1S/C12H14N2O2/c1-7(2)11-13-10-6-8(16-3)4-5-9(10)12(15)14-11/h4-7H,1-3H3,(H,13,14,15). The first-order valence-corrected chi connectivity index (χ1v) is 5.20. The largest absolute Gasteiger partial charge is 0.497 e. The number of H-pyrrole nitrogens is 1. The molecule has 0 bridgehead atoms. The number of hydrogen-bond acceptors (Lipinski definition) is 3. The number of aromatic amines is 1. The normalized spacial score (nSPS) is 11.0. The van der Waals surface area contributed by atoms with Gasteiger partial charge in [0.15, 0.2) is 0 Å². The molecule has 4 nitrogen and oxygen atoms in total. The molecule has 0 fully saturated rings. The van der Waals surface area contributed by atoms with Crippen molar-refractivity contribution in [3.63, 3.8) is 0 Å². The first kappa shape index (κ1) is 10.7. The van der Waals surface area contributed by atoms with Gasteiger partial charge in [0.25, 0.3) is 5.56 Å².